The summed E-state index contributed by atoms with van der Waals surface area (Å²) < 4.78 is 5.34. The number of hydrazone groups is 1. The smallest absolute Gasteiger partial charge is 0.174 e. The Hall–Kier alpha value is -1.91. The number of nitrogens with one attached hydrogen (secondary N) is 1. The first-order chi connectivity index (χ1) is 8.60. The lowest BCUT2D eigenvalue weighted by Gasteiger charge is -2.12. The van der Waals surface area contributed by atoms with E-state index in [2.05, 4.69) is 30.1 Å². The topological polar surface area (TPSA) is 83.8 Å². The number of ether oxygens (including phenoxy) is 1. The molecule has 0 fully saturated rings. The number of benzene rings is 1. The van der Waals surface area contributed by atoms with Crippen LogP contribution in [0, 0.1) is 11.4 Å². The number of methoxy groups -OCH3 is 1. The van der Waals surface area contributed by atoms with Gasteiger partial charge in [0.2, 0.25) is 0 Å². The molecular formula is C13H20N4O. The summed E-state index contributed by atoms with van der Waals surface area (Å²) in [6.45, 7) is 4.33. The highest BCUT2D eigenvalue weighted by molar-refractivity contribution is 5.84. The van der Waals surface area contributed by atoms with Crippen LogP contribution in [0.15, 0.2) is 28.4 Å². The van der Waals surface area contributed by atoms with Crippen molar-refractivity contribution in [2.75, 3.05) is 7.11 Å². The minimum Gasteiger partial charge on any atom is -0.496 e. The largest absolute Gasteiger partial charge is 0.496 e. The summed E-state index contributed by atoms with van der Waals surface area (Å²) in [6, 6.07) is 5.94. The van der Waals surface area contributed by atoms with Gasteiger partial charge in [-0.2, -0.15) is 5.10 Å². The van der Waals surface area contributed by atoms with Gasteiger partial charge < -0.3 is 10.6 Å². The van der Waals surface area contributed by atoms with Crippen LogP contribution in [-0.4, -0.2) is 12.9 Å². The SMILES string of the molecule is COc1ccc(CC(N=N)=NN)cc1CC(C)C. The summed E-state index contributed by atoms with van der Waals surface area (Å²) in [5.41, 5.74) is 9.14. The quantitative estimate of drug-likeness (QED) is 0.276. The van der Waals surface area contributed by atoms with Crippen LogP contribution in [0.3, 0.4) is 0 Å². The monoisotopic (exact) mass is 248 g/mol. The molecule has 0 heterocycles. The van der Waals surface area contributed by atoms with Crippen LogP contribution in [0.5, 0.6) is 5.75 Å². The second-order valence-corrected chi connectivity index (χ2v) is 4.58. The van der Waals surface area contributed by atoms with E-state index >= 15 is 0 Å². The highest BCUT2D eigenvalue weighted by Crippen LogP contribution is 2.23. The lowest BCUT2D eigenvalue weighted by Crippen LogP contribution is -2.04. The minimum absolute atomic E-state index is 0.315. The first kappa shape index (κ1) is 14.2. The van der Waals surface area contributed by atoms with Crippen LogP contribution >= 0.6 is 0 Å². The van der Waals surface area contributed by atoms with Crippen LogP contribution in [0.4, 0.5) is 0 Å². The molecule has 5 nitrogen and oxygen atoms in total. The molecule has 0 bridgehead atoms. The summed E-state index contributed by atoms with van der Waals surface area (Å²) in [5, 5.41) is 6.74. The van der Waals surface area contributed by atoms with Crippen LogP contribution in [0.25, 0.3) is 0 Å². The van der Waals surface area contributed by atoms with Crippen molar-refractivity contribution < 1.29 is 4.74 Å². The molecule has 1 aromatic carbocycles. The zero-order valence-electron chi connectivity index (χ0n) is 11.1. The molecule has 0 spiro atoms. The molecule has 0 saturated heterocycles. The van der Waals surface area contributed by atoms with Gasteiger partial charge in [-0.1, -0.05) is 26.0 Å². The van der Waals surface area contributed by atoms with Gasteiger partial charge in [0.15, 0.2) is 5.84 Å². The molecule has 98 valence electrons. The molecule has 0 amide bonds. The molecule has 18 heavy (non-hydrogen) atoms. The molecule has 5 heteroatoms. The number of hydrogen-bond donors (Lipinski definition) is 2. The highest BCUT2D eigenvalue weighted by Gasteiger charge is 2.08. The Kier molecular flexibility index (Phi) is 5.30. The van der Waals surface area contributed by atoms with Crippen molar-refractivity contribution in [2.24, 2.45) is 22.0 Å². The number of rotatable bonds is 5. The van der Waals surface area contributed by atoms with Crippen molar-refractivity contribution in [1.82, 2.24) is 0 Å². The third kappa shape index (κ3) is 3.84. The van der Waals surface area contributed by atoms with Crippen molar-refractivity contribution >= 4 is 5.84 Å². The van der Waals surface area contributed by atoms with Gasteiger partial charge in [-0.05, 0) is 29.5 Å². The van der Waals surface area contributed by atoms with Gasteiger partial charge in [-0.25, -0.2) is 5.53 Å². The predicted octanol–water partition coefficient (Wildman–Crippen LogP) is 2.74. The fourth-order valence-electron chi connectivity index (χ4n) is 1.84. The fourth-order valence-corrected chi connectivity index (χ4v) is 1.84. The Labute approximate surface area is 108 Å². The lowest BCUT2D eigenvalue weighted by atomic mass is 9.99. The molecule has 0 radical (unpaired) electrons. The highest BCUT2D eigenvalue weighted by atomic mass is 16.5. The lowest BCUT2D eigenvalue weighted by molar-refractivity contribution is 0.406. The summed E-state index contributed by atoms with van der Waals surface area (Å²) >= 11 is 0. The average molecular weight is 248 g/mol. The first-order valence-electron chi connectivity index (χ1n) is 5.90. The third-order valence-corrected chi connectivity index (χ3v) is 2.61. The molecule has 1 aromatic rings. The molecular weight excluding hydrogens is 228 g/mol. The fraction of sp³-hybridized carbons (Fsp3) is 0.462. The normalized spacial score (nSPS) is 11.7. The van der Waals surface area contributed by atoms with E-state index in [9.17, 15) is 0 Å². The van der Waals surface area contributed by atoms with Gasteiger partial charge in [0.25, 0.3) is 0 Å². The zero-order chi connectivity index (χ0) is 13.5. The minimum atomic E-state index is 0.315. The Balaban J connectivity index is 2.98. The molecule has 0 aliphatic rings. The van der Waals surface area contributed by atoms with E-state index in [1.54, 1.807) is 7.11 Å². The molecule has 1 rings (SSSR count). The Morgan fingerprint density at radius 2 is 2.17 bits per heavy atom. The number of nitrogens with two attached hydrogens (primary N) is 1. The van der Waals surface area contributed by atoms with Gasteiger partial charge in [0.05, 0.1) is 7.11 Å². The van der Waals surface area contributed by atoms with Crippen molar-refractivity contribution in [2.45, 2.75) is 26.7 Å². The van der Waals surface area contributed by atoms with Crippen LogP contribution in [0.1, 0.15) is 25.0 Å². The van der Waals surface area contributed by atoms with E-state index in [0.29, 0.717) is 18.2 Å². The van der Waals surface area contributed by atoms with Crippen molar-refractivity contribution in [3.8, 4) is 5.75 Å². The number of nitrogens with zero attached hydrogens (tertiary/aromatic N) is 2. The average Bonchev–Trinajstić information content (AvgIpc) is 2.35. The maximum absolute atomic E-state index is 6.94. The second kappa shape index (κ2) is 6.74. The van der Waals surface area contributed by atoms with Gasteiger partial charge >= 0.3 is 0 Å². The van der Waals surface area contributed by atoms with Crippen molar-refractivity contribution in [3.05, 3.63) is 29.3 Å². The van der Waals surface area contributed by atoms with Gasteiger partial charge in [-0.3, -0.25) is 0 Å². The molecule has 0 unspecified atom stereocenters. The van der Waals surface area contributed by atoms with E-state index < -0.39 is 0 Å². The molecule has 0 aliphatic carbocycles. The van der Waals surface area contributed by atoms with E-state index in [1.807, 2.05) is 12.1 Å². The molecule has 3 N–H and O–H groups in total. The van der Waals surface area contributed by atoms with Gasteiger partial charge in [-0.15, -0.1) is 5.11 Å². The molecule has 0 atom stereocenters. The number of amidine groups is 1. The van der Waals surface area contributed by atoms with Crippen LogP contribution in [-0.2, 0) is 12.8 Å². The Bertz CT molecular complexity index is 441. The van der Waals surface area contributed by atoms with Gasteiger partial charge in [0.1, 0.15) is 5.75 Å². The van der Waals surface area contributed by atoms with Crippen LogP contribution < -0.4 is 10.6 Å². The van der Waals surface area contributed by atoms with Crippen LogP contribution in [0.2, 0.25) is 0 Å². The summed E-state index contributed by atoms with van der Waals surface area (Å²) in [5.74, 6) is 6.91. The number of hydrogen-bond acceptors (Lipinski definition) is 4. The first-order valence-corrected chi connectivity index (χ1v) is 5.90. The predicted molar refractivity (Wildman–Crippen MR) is 72.0 cm³/mol. The molecule has 0 aromatic heterocycles. The van der Waals surface area contributed by atoms with E-state index in [1.165, 1.54) is 0 Å². The molecule has 0 saturated carbocycles. The summed E-state index contributed by atoms with van der Waals surface area (Å²) in [6.07, 6.45) is 1.42. The zero-order valence-corrected chi connectivity index (χ0v) is 11.1. The Morgan fingerprint density at radius 1 is 1.44 bits per heavy atom. The third-order valence-electron chi connectivity index (χ3n) is 2.61. The summed E-state index contributed by atoms with van der Waals surface area (Å²) in [4.78, 5) is 0. The van der Waals surface area contributed by atoms with E-state index in [-0.39, 0.29) is 0 Å². The van der Waals surface area contributed by atoms with E-state index in [4.69, 9.17) is 16.1 Å². The standard InChI is InChI=1S/C13H20N4O/c1-9(2)6-11-7-10(4-5-12(11)18-3)8-13(16-14)17-15/h4-5,7,9,14H,6,8,15H2,1-3H3. The van der Waals surface area contributed by atoms with E-state index in [0.717, 1.165) is 23.3 Å². The summed E-state index contributed by atoms with van der Waals surface area (Å²) in [7, 11) is 1.67. The maximum atomic E-state index is 6.94. The Morgan fingerprint density at radius 3 is 2.67 bits per heavy atom. The van der Waals surface area contributed by atoms with Crippen molar-refractivity contribution in [1.29, 1.82) is 5.53 Å². The van der Waals surface area contributed by atoms with Gasteiger partial charge in [0, 0.05) is 6.42 Å². The second-order valence-electron chi connectivity index (χ2n) is 4.58. The van der Waals surface area contributed by atoms with Crippen molar-refractivity contribution in [3.63, 3.8) is 0 Å². The maximum Gasteiger partial charge on any atom is 0.174 e. The molecule has 0 aliphatic heterocycles.